The minimum Gasteiger partial charge on any atom is -0.496 e. The predicted octanol–water partition coefficient (Wildman–Crippen LogP) is 4.25. The maximum atomic E-state index is 12.2. The van der Waals surface area contributed by atoms with Crippen LogP contribution in [0, 0.1) is 0 Å². The molecular formula is C14H11Cl2NO2. The monoisotopic (exact) mass is 295 g/mol. The molecule has 0 bridgehead atoms. The number of anilines is 1. The van der Waals surface area contributed by atoms with Crippen LogP contribution in [0.3, 0.4) is 0 Å². The van der Waals surface area contributed by atoms with Crippen molar-refractivity contribution in [3.63, 3.8) is 0 Å². The lowest BCUT2D eigenvalue weighted by Gasteiger charge is -2.10. The van der Waals surface area contributed by atoms with Crippen molar-refractivity contribution in [3.05, 3.63) is 58.1 Å². The molecule has 0 fully saturated rings. The lowest BCUT2D eigenvalue weighted by molar-refractivity contribution is 0.102. The van der Waals surface area contributed by atoms with Gasteiger partial charge in [-0.3, -0.25) is 4.79 Å². The number of hydrogen-bond acceptors (Lipinski definition) is 2. The second-order valence-corrected chi connectivity index (χ2v) is 4.62. The molecule has 0 aliphatic carbocycles. The molecular weight excluding hydrogens is 285 g/mol. The number of halogens is 2. The molecule has 0 aromatic heterocycles. The number of amides is 1. The number of para-hydroxylation sites is 1. The second kappa shape index (κ2) is 5.95. The number of carbonyl (C=O) groups is 1. The summed E-state index contributed by atoms with van der Waals surface area (Å²) in [7, 11) is 1.51. The average molecular weight is 296 g/mol. The third-order valence-corrected chi connectivity index (χ3v) is 3.09. The van der Waals surface area contributed by atoms with Gasteiger partial charge in [-0.05, 0) is 30.3 Å². The largest absolute Gasteiger partial charge is 0.496 e. The fraction of sp³-hybridized carbons (Fsp3) is 0.0714. The third kappa shape index (κ3) is 3.19. The van der Waals surface area contributed by atoms with Crippen LogP contribution in [0.25, 0.3) is 0 Å². The highest BCUT2D eigenvalue weighted by atomic mass is 35.5. The van der Waals surface area contributed by atoms with E-state index in [1.54, 1.807) is 42.5 Å². The van der Waals surface area contributed by atoms with Crippen molar-refractivity contribution in [3.8, 4) is 5.75 Å². The molecule has 0 unspecified atom stereocenters. The van der Waals surface area contributed by atoms with Gasteiger partial charge >= 0.3 is 0 Å². The van der Waals surface area contributed by atoms with Crippen LogP contribution in [0.4, 0.5) is 5.69 Å². The first-order valence-corrected chi connectivity index (χ1v) is 6.27. The van der Waals surface area contributed by atoms with E-state index >= 15 is 0 Å². The Hall–Kier alpha value is -1.71. The van der Waals surface area contributed by atoms with Gasteiger partial charge in [-0.15, -0.1) is 0 Å². The molecule has 2 aromatic carbocycles. The molecule has 2 aromatic rings. The topological polar surface area (TPSA) is 38.3 Å². The number of nitrogens with one attached hydrogen (secondary N) is 1. The number of benzene rings is 2. The zero-order valence-electron chi connectivity index (χ0n) is 10.1. The van der Waals surface area contributed by atoms with Crippen molar-refractivity contribution < 1.29 is 9.53 Å². The molecule has 0 aliphatic heterocycles. The van der Waals surface area contributed by atoms with Crippen molar-refractivity contribution in [2.24, 2.45) is 0 Å². The molecule has 0 heterocycles. The lowest BCUT2D eigenvalue weighted by atomic mass is 10.2. The average Bonchev–Trinajstić information content (AvgIpc) is 2.42. The van der Waals surface area contributed by atoms with Gasteiger partial charge in [0.1, 0.15) is 5.75 Å². The molecule has 98 valence electrons. The van der Waals surface area contributed by atoms with Crippen LogP contribution >= 0.6 is 23.2 Å². The number of carbonyl (C=O) groups excluding carboxylic acids is 1. The van der Waals surface area contributed by atoms with E-state index in [0.29, 0.717) is 27.0 Å². The summed E-state index contributed by atoms with van der Waals surface area (Å²) in [5.74, 6) is 0.194. The Labute approximate surface area is 121 Å². The summed E-state index contributed by atoms with van der Waals surface area (Å²) < 4.78 is 5.14. The van der Waals surface area contributed by atoms with Gasteiger partial charge in [0, 0.05) is 5.02 Å². The summed E-state index contributed by atoms with van der Waals surface area (Å²) >= 11 is 11.9. The summed E-state index contributed by atoms with van der Waals surface area (Å²) in [4.78, 5) is 12.2. The maximum absolute atomic E-state index is 12.2. The summed E-state index contributed by atoms with van der Waals surface area (Å²) in [5, 5.41) is 3.63. The number of ether oxygens (including phenoxy) is 1. The number of methoxy groups -OCH3 is 1. The van der Waals surface area contributed by atoms with Gasteiger partial charge < -0.3 is 10.1 Å². The van der Waals surface area contributed by atoms with Crippen LogP contribution in [0.15, 0.2) is 42.5 Å². The van der Waals surface area contributed by atoms with E-state index in [9.17, 15) is 4.79 Å². The molecule has 0 saturated carbocycles. The van der Waals surface area contributed by atoms with Gasteiger partial charge in [-0.2, -0.15) is 0 Å². The van der Waals surface area contributed by atoms with E-state index in [4.69, 9.17) is 27.9 Å². The Balaban J connectivity index is 2.28. The van der Waals surface area contributed by atoms with E-state index in [0.717, 1.165) is 0 Å². The van der Waals surface area contributed by atoms with E-state index in [2.05, 4.69) is 5.32 Å². The Bertz CT molecular complexity index is 614. The molecule has 2 rings (SSSR count). The van der Waals surface area contributed by atoms with Gasteiger partial charge in [0.15, 0.2) is 0 Å². The number of hydrogen-bond donors (Lipinski definition) is 1. The molecule has 0 atom stereocenters. The van der Waals surface area contributed by atoms with Crippen molar-refractivity contribution in [2.45, 2.75) is 0 Å². The predicted molar refractivity (Wildman–Crippen MR) is 77.4 cm³/mol. The first kappa shape index (κ1) is 13.7. The fourth-order valence-corrected chi connectivity index (χ4v) is 1.95. The Kier molecular flexibility index (Phi) is 4.30. The third-order valence-electron chi connectivity index (χ3n) is 2.53. The minimum atomic E-state index is -0.304. The zero-order chi connectivity index (χ0) is 13.8. The molecule has 0 spiro atoms. The minimum absolute atomic E-state index is 0.304. The van der Waals surface area contributed by atoms with Gasteiger partial charge in [0.25, 0.3) is 5.91 Å². The first-order chi connectivity index (χ1) is 9.11. The van der Waals surface area contributed by atoms with Crippen molar-refractivity contribution in [1.29, 1.82) is 0 Å². The van der Waals surface area contributed by atoms with Gasteiger partial charge in [-0.1, -0.05) is 35.3 Å². The number of rotatable bonds is 3. The van der Waals surface area contributed by atoms with Crippen molar-refractivity contribution >= 4 is 34.8 Å². The molecule has 3 nitrogen and oxygen atoms in total. The maximum Gasteiger partial charge on any atom is 0.259 e. The highest BCUT2D eigenvalue weighted by Gasteiger charge is 2.13. The molecule has 1 amide bonds. The normalized spacial score (nSPS) is 10.1. The van der Waals surface area contributed by atoms with Crippen LogP contribution in [-0.2, 0) is 0 Å². The van der Waals surface area contributed by atoms with Crippen molar-refractivity contribution in [2.75, 3.05) is 12.4 Å². The fourth-order valence-electron chi connectivity index (χ4n) is 1.62. The van der Waals surface area contributed by atoms with Crippen LogP contribution in [0.5, 0.6) is 5.75 Å². The van der Waals surface area contributed by atoms with Gasteiger partial charge in [0.05, 0.1) is 23.4 Å². The molecule has 1 N–H and O–H groups in total. The Morgan fingerprint density at radius 3 is 2.63 bits per heavy atom. The quantitative estimate of drug-likeness (QED) is 0.919. The summed E-state index contributed by atoms with van der Waals surface area (Å²) in [5.41, 5.74) is 0.895. The summed E-state index contributed by atoms with van der Waals surface area (Å²) in [6.45, 7) is 0. The van der Waals surface area contributed by atoms with E-state index in [-0.39, 0.29) is 5.91 Å². The highest BCUT2D eigenvalue weighted by Crippen LogP contribution is 2.27. The van der Waals surface area contributed by atoms with E-state index < -0.39 is 0 Å². The lowest BCUT2D eigenvalue weighted by Crippen LogP contribution is -2.13. The molecule has 0 saturated heterocycles. The molecule has 0 aliphatic rings. The smallest absolute Gasteiger partial charge is 0.259 e. The summed E-state index contributed by atoms with van der Waals surface area (Å²) in [6, 6.07) is 11.8. The van der Waals surface area contributed by atoms with Crippen molar-refractivity contribution in [1.82, 2.24) is 0 Å². The Morgan fingerprint density at radius 1 is 1.16 bits per heavy atom. The SMILES string of the molecule is COc1ccccc1C(=O)Nc1cc(Cl)ccc1Cl. The van der Waals surface area contributed by atoms with Crippen LogP contribution in [-0.4, -0.2) is 13.0 Å². The van der Waals surface area contributed by atoms with Crippen LogP contribution < -0.4 is 10.1 Å². The summed E-state index contributed by atoms with van der Waals surface area (Å²) in [6.07, 6.45) is 0. The standard InChI is InChI=1S/C14H11Cl2NO2/c1-19-13-5-3-2-4-10(13)14(18)17-12-8-9(15)6-7-11(12)16/h2-8H,1H3,(H,17,18). The van der Waals surface area contributed by atoms with E-state index in [1.165, 1.54) is 7.11 Å². The molecule has 19 heavy (non-hydrogen) atoms. The van der Waals surface area contributed by atoms with Crippen LogP contribution in [0.1, 0.15) is 10.4 Å². The highest BCUT2D eigenvalue weighted by molar-refractivity contribution is 6.35. The van der Waals surface area contributed by atoms with Gasteiger partial charge in [0.2, 0.25) is 0 Å². The first-order valence-electron chi connectivity index (χ1n) is 5.51. The second-order valence-electron chi connectivity index (χ2n) is 3.78. The molecule has 5 heteroatoms. The van der Waals surface area contributed by atoms with E-state index in [1.807, 2.05) is 0 Å². The Morgan fingerprint density at radius 2 is 1.89 bits per heavy atom. The molecule has 0 radical (unpaired) electrons. The van der Waals surface area contributed by atoms with Crippen LogP contribution in [0.2, 0.25) is 10.0 Å². The van der Waals surface area contributed by atoms with Gasteiger partial charge in [-0.25, -0.2) is 0 Å². The zero-order valence-corrected chi connectivity index (χ0v) is 11.6.